The van der Waals surface area contributed by atoms with Gasteiger partial charge in [0.1, 0.15) is 0 Å². The molecule has 1 saturated carbocycles. The first-order valence-electron chi connectivity index (χ1n) is 9.77. The second-order valence-electron chi connectivity index (χ2n) is 7.46. The minimum atomic E-state index is -0.510. The van der Waals surface area contributed by atoms with Gasteiger partial charge >= 0.3 is 0 Å². The van der Waals surface area contributed by atoms with E-state index in [9.17, 15) is 9.59 Å². The van der Waals surface area contributed by atoms with E-state index in [2.05, 4.69) is 10.3 Å². The molecule has 1 aromatic carbocycles. The van der Waals surface area contributed by atoms with Crippen LogP contribution in [0.2, 0.25) is 0 Å². The third-order valence-corrected chi connectivity index (χ3v) is 6.67. The number of nitrogens with one attached hydrogen (secondary N) is 1. The Morgan fingerprint density at radius 1 is 1.32 bits per heavy atom. The van der Waals surface area contributed by atoms with E-state index >= 15 is 0 Å². The first-order chi connectivity index (χ1) is 13.7. The van der Waals surface area contributed by atoms with Crippen molar-refractivity contribution in [2.24, 2.45) is 0 Å². The zero-order valence-electron chi connectivity index (χ0n) is 16.0. The van der Waals surface area contributed by atoms with Crippen molar-refractivity contribution in [3.8, 4) is 0 Å². The van der Waals surface area contributed by atoms with Crippen LogP contribution in [-0.4, -0.2) is 47.5 Å². The van der Waals surface area contributed by atoms with E-state index in [4.69, 9.17) is 4.74 Å². The number of ether oxygens (including phenoxy) is 1. The van der Waals surface area contributed by atoms with Gasteiger partial charge in [-0.15, -0.1) is 11.3 Å². The lowest BCUT2D eigenvalue weighted by Gasteiger charge is -2.53. The maximum absolute atomic E-state index is 13.5. The van der Waals surface area contributed by atoms with Gasteiger partial charge in [0.25, 0.3) is 5.91 Å². The molecule has 1 spiro atoms. The number of rotatable bonds is 5. The Bertz CT molecular complexity index is 846. The first kappa shape index (κ1) is 19.1. The van der Waals surface area contributed by atoms with Gasteiger partial charge in [-0.05, 0) is 24.5 Å². The van der Waals surface area contributed by atoms with Gasteiger partial charge in [-0.1, -0.05) is 37.5 Å². The Balaban J connectivity index is 1.81. The molecule has 1 atom stereocenters. The number of aromatic nitrogens is 1. The molecule has 2 aliphatic rings. The normalized spacial score (nSPS) is 20.8. The Morgan fingerprint density at radius 3 is 2.82 bits per heavy atom. The number of amides is 2. The Labute approximate surface area is 168 Å². The van der Waals surface area contributed by atoms with Crippen LogP contribution in [0.4, 0.5) is 5.13 Å². The molecular formula is C21H25N3O3S. The monoisotopic (exact) mass is 399 g/mol. The van der Waals surface area contributed by atoms with Crippen molar-refractivity contribution in [3.63, 3.8) is 0 Å². The van der Waals surface area contributed by atoms with Gasteiger partial charge in [0.15, 0.2) is 5.13 Å². The van der Waals surface area contributed by atoms with Crippen molar-refractivity contribution in [2.75, 3.05) is 25.6 Å². The number of nitrogens with zero attached hydrogens (tertiary/aromatic N) is 2. The number of carbonyl (C=O) groups is 2. The van der Waals surface area contributed by atoms with Gasteiger partial charge in [-0.25, -0.2) is 4.98 Å². The summed E-state index contributed by atoms with van der Waals surface area (Å²) in [5.74, 6) is -0.491. The van der Waals surface area contributed by atoms with Crippen LogP contribution in [0.1, 0.15) is 53.9 Å². The van der Waals surface area contributed by atoms with Crippen LogP contribution >= 0.6 is 11.3 Å². The standard InChI is InChI=1S/C21H25N3O3S/c1-27-13-12-24-19(26)16-8-4-3-7-15(16)17(21(24)9-5-2-6-10-21)18(25)23-20-22-11-14-28-20/h3-4,7-8,11,14,17H,2,5-6,9-10,12-13H2,1H3,(H,22,23,25). The van der Waals surface area contributed by atoms with Crippen LogP contribution in [0, 0.1) is 0 Å². The fourth-order valence-corrected chi connectivity index (χ4v) is 5.35. The minimum absolute atomic E-state index is 0.00727. The zero-order chi connectivity index (χ0) is 19.6. The van der Waals surface area contributed by atoms with Crippen molar-refractivity contribution in [1.29, 1.82) is 0 Å². The van der Waals surface area contributed by atoms with Crippen LogP contribution in [0.3, 0.4) is 0 Å². The number of methoxy groups -OCH3 is 1. The highest BCUT2D eigenvalue weighted by Gasteiger charge is 2.54. The summed E-state index contributed by atoms with van der Waals surface area (Å²) in [7, 11) is 1.64. The maximum atomic E-state index is 13.5. The van der Waals surface area contributed by atoms with E-state index in [-0.39, 0.29) is 11.8 Å². The number of anilines is 1. The topological polar surface area (TPSA) is 71.5 Å². The van der Waals surface area contributed by atoms with Gasteiger partial charge in [-0.2, -0.15) is 0 Å². The van der Waals surface area contributed by atoms with Gasteiger partial charge in [0, 0.05) is 30.8 Å². The summed E-state index contributed by atoms with van der Waals surface area (Å²) in [4.78, 5) is 33.1. The summed E-state index contributed by atoms with van der Waals surface area (Å²) in [6, 6.07) is 7.54. The van der Waals surface area contributed by atoms with Crippen LogP contribution < -0.4 is 5.32 Å². The molecule has 1 aliphatic carbocycles. The van der Waals surface area contributed by atoms with Gasteiger partial charge < -0.3 is 15.0 Å². The number of fused-ring (bicyclic) bond motifs is 1. The Morgan fingerprint density at radius 2 is 2.11 bits per heavy atom. The minimum Gasteiger partial charge on any atom is -0.383 e. The summed E-state index contributed by atoms with van der Waals surface area (Å²) < 4.78 is 5.29. The van der Waals surface area contributed by atoms with Crippen molar-refractivity contribution in [3.05, 3.63) is 47.0 Å². The summed E-state index contributed by atoms with van der Waals surface area (Å²) >= 11 is 1.40. The largest absolute Gasteiger partial charge is 0.383 e. The summed E-state index contributed by atoms with van der Waals surface area (Å²) in [6.07, 6.45) is 6.50. The molecular weight excluding hydrogens is 374 g/mol. The number of benzene rings is 1. The van der Waals surface area contributed by atoms with E-state index in [1.807, 2.05) is 34.5 Å². The molecule has 2 aromatic rings. The predicted molar refractivity (Wildman–Crippen MR) is 109 cm³/mol. The molecule has 28 heavy (non-hydrogen) atoms. The van der Waals surface area contributed by atoms with Crippen molar-refractivity contribution in [2.45, 2.75) is 43.6 Å². The number of carbonyl (C=O) groups excluding carboxylic acids is 2. The molecule has 2 heterocycles. The quantitative estimate of drug-likeness (QED) is 0.833. The fourth-order valence-electron chi connectivity index (χ4n) is 4.81. The molecule has 1 fully saturated rings. The second kappa shape index (κ2) is 8.01. The van der Waals surface area contributed by atoms with Crippen LogP contribution in [-0.2, 0) is 9.53 Å². The van der Waals surface area contributed by atoms with Crippen molar-refractivity contribution >= 4 is 28.3 Å². The van der Waals surface area contributed by atoms with Crippen molar-refractivity contribution < 1.29 is 14.3 Å². The molecule has 6 nitrogen and oxygen atoms in total. The van der Waals surface area contributed by atoms with E-state index in [0.717, 1.165) is 37.7 Å². The highest BCUT2D eigenvalue weighted by atomic mass is 32.1. The average molecular weight is 400 g/mol. The second-order valence-corrected chi connectivity index (χ2v) is 8.36. The molecule has 4 rings (SSSR count). The molecule has 0 bridgehead atoms. The molecule has 1 aromatic heterocycles. The SMILES string of the molecule is COCCN1C(=O)c2ccccc2C(C(=O)Nc2nccs2)C12CCCCC2. The molecule has 2 amide bonds. The van der Waals surface area contributed by atoms with E-state index < -0.39 is 11.5 Å². The molecule has 1 unspecified atom stereocenters. The average Bonchev–Trinajstić information content (AvgIpc) is 3.22. The highest BCUT2D eigenvalue weighted by Crippen LogP contribution is 2.49. The summed E-state index contributed by atoms with van der Waals surface area (Å²) in [5, 5.41) is 5.43. The van der Waals surface area contributed by atoms with E-state index in [1.165, 1.54) is 11.3 Å². The Hall–Kier alpha value is -2.25. The molecule has 1 N–H and O–H groups in total. The number of hydrogen-bond donors (Lipinski definition) is 1. The number of hydrogen-bond acceptors (Lipinski definition) is 5. The maximum Gasteiger partial charge on any atom is 0.254 e. The van der Waals surface area contributed by atoms with Crippen LogP contribution in [0.15, 0.2) is 35.8 Å². The summed E-state index contributed by atoms with van der Waals surface area (Å²) in [6.45, 7) is 0.946. The lowest BCUT2D eigenvalue weighted by molar-refractivity contribution is -0.122. The molecule has 148 valence electrons. The third-order valence-electron chi connectivity index (χ3n) is 5.99. The van der Waals surface area contributed by atoms with Crippen LogP contribution in [0.5, 0.6) is 0 Å². The van der Waals surface area contributed by atoms with Gasteiger partial charge in [0.05, 0.1) is 18.1 Å². The van der Waals surface area contributed by atoms with Crippen LogP contribution in [0.25, 0.3) is 0 Å². The van der Waals surface area contributed by atoms with E-state index in [1.54, 1.807) is 13.3 Å². The highest BCUT2D eigenvalue weighted by molar-refractivity contribution is 7.13. The Kier molecular flexibility index (Phi) is 5.46. The predicted octanol–water partition coefficient (Wildman–Crippen LogP) is 3.67. The van der Waals surface area contributed by atoms with E-state index in [0.29, 0.717) is 23.8 Å². The summed E-state index contributed by atoms with van der Waals surface area (Å²) in [5.41, 5.74) is 0.940. The number of thiazole rings is 1. The first-order valence-corrected chi connectivity index (χ1v) is 10.7. The lowest BCUT2D eigenvalue weighted by Crippen LogP contribution is -2.62. The van der Waals surface area contributed by atoms with Crippen molar-refractivity contribution in [1.82, 2.24) is 9.88 Å². The third kappa shape index (κ3) is 3.22. The zero-order valence-corrected chi connectivity index (χ0v) is 16.8. The lowest BCUT2D eigenvalue weighted by atomic mass is 9.65. The van der Waals surface area contributed by atoms with Gasteiger partial charge in [0.2, 0.25) is 5.91 Å². The molecule has 0 saturated heterocycles. The molecule has 1 aliphatic heterocycles. The smallest absolute Gasteiger partial charge is 0.254 e. The molecule has 0 radical (unpaired) electrons. The fraction of sp³-hybridized carbons (Fsp3) is 0.476. The molecule has 7 heteroatoms. The van der Waals surface area contributed by atoms with Gasteiger partial charge in [-0.3, -0.25) is 9.59 Å².